The van der Waals surface area contributed by atoms with Crippen molar-refractivity contribution < 1.29 is 14.3 Å². The number of hydrogen-bond donors (Lipinski definition) is 0. The van der Waals surface area contributed by atoms with Crippen LogP contribution in [-0.4, -0.2) is 67.4 Å². The first-order valence-corrected chi connectivity index (χ1v) is 12.1. The van der Waals surface area contributed by atoms with Crippen LogP contribution in [0, 0.1) is 5.92 Å². The molecule has 0 aliphatic carbocycles. The van der Waals surface area contributed by atoms with Gasteiger partial charge in [0.05, 0.1) is 20.0 Å². The average molecular weight is 479 g/mol. The van der Waals surface area contributed by atoms with Gasteiger partial charge in [-0.2, -0.15) is 0 Å². The van der Waals surface area contributed by atoms with Crippen molar-refractivity contribution in [2.24, 2.45) is 5.92 Å². The Kier molecular flexibility index (Phi) is 8.87. The Hall–Kier alpha value is -2.19. The molecule has 0 atom stereocenters. The second-order valence-corrected chi connectivity index (χ2v) is 9.37. The Morgan fingerprint density at radius 2 is 1.91 bits per heavy atom. The summed E-state index contributed by atoms with van der Waals surface area (Å²) in [6.07, 6.45) is 2.94. The predicted molar refractivity (Wildman–Crippen MR) is 129 cm³/mol. The van der Waals surface area contributed by atoms with E-state index in [1.807, 2.05) is 35.0 Å². The third-order valence-corrected chi connectivity index (χ3v) is 6.72. The maximum atomic E-state index is 12.5. The molecule has 1 amide bonds. The highest BCUT2D eigenvalue weighted by Crippen LogP contribution is 2.28. The zero-order valence-corrected chi connectivity index (χ0v) is 20.7. The molecule has 2 aromatic rings. The van der Waals surface area contributed by atoms with E-state index in [2.05, 4.69) is 16.9 Å². The lowest BCUT2D eigenvalue weighted by Crippen LogP contribution is -2.38. The highest BCUT2D eigenvalue weighted by Gasteiger charge is 2.21. The molecule has 0 saturated carbocycles. The SMILES string of the molecule is COc1ccc(CCN(C)c2cc(Cl)nc(SCC(=O)N3CCC(C)CC3)n2)cc1OC. The van der Waals surface area contributed by atoms with Crippen LogP contribution < -0.4 is 14.4 Å². The first-order chi connectivity index (χ1) is 15.4. The number of thioether (sulfide) groups is 1. The lowest BCUT2D eigenvalue weighted by molar-refractivity contribution is -0.129. The van der Waals surface area contributed by atoms with Crippen molar-refractivity contribution in [3.63, 3.8) is 0 Å². The topological polar surface area (TPSA) is 67.8 Å². The van der Waals surface area contributed by atoms with Crippen LogP contribution in [0.2, 0.25) is 5.15 Å². The van der Waals surface area contributed by atoms with Crippen LogP contribution in [0.4, 0.5) is 5.82 Å². The summed E-state index contributed by atoms with van der Waals surface area (Å²) in [7, 11) is 5.22. The minimum absolute atomic E-state index is 0.133. The third-order valence-electron chi connectivity index (χ3n) is 5.70. The average Bonchev–Trinajstić information content (AvgIpc) is 2.80. The van der Waals surface area contributed by atoms with E-state index in [-0.39, 0.29) is 5.91 Å². The van der Waals surface area contributed by atoms with Crippen molar-refractivity contribution in [2.45, 2.75) is 31.3 Å². The first kappa shape index (κ1) is 24.5. The summed E-state index contributed by atoms with van der Waals surface area (Å²) in [5.74, 6) is 3.30. The van der Waals surface area contributed by atoms with Gasteiger partial charge >= 0.3 is 0 Å². The zero-order valence-electron chi connectivity index (χ0n) is 19.1. The maximum absolute atomic E-state index is 12.5. The number of hydrogen-bond acceptors (Lipinski definition) is 7. The van der Waals surface area contributed by atoms with Crippen LogP contribution in [0.3, 0.4) is 0 Å². The van der Waals surface area contributed by atoms with Gasteiger partial charge in [0.25, 0.3) is 0 Å². The number of piperidine rings is 1. The molecule has 1 fully saturated rings. The molecule has 0 spiro atoms. The van der Waals surface area contributed by atoms with Crippen molar-refractivity contribution in [1.82, 2.24) is 14.9 Å². The van der Waals surface area contributed by atoms with E-state index in [9.17, 15) is 4.79 Å². The molecule has 1 saturated heterocycles. The Morgan fingerprint density at radius 1 is 1.19 bits per heavy atom. The lowest BCUT2D eigenvalue weighted by Gasteiger charge is -2.30. The van der Waals surface area contributed by atoms with E-state index >= 15 is 0 Å². The van der Waals surface area contributed by atoms with E-state index in [1.54, 1.807) is 20.3 Å². The molecular weight excluding hydrogens is 448 g/mol. The fourth-order valence-electron chi connectivity index (χ4n) is 3.57. The van der Waals surface area contributed by atoms with Crippen LogP contribution in [-0.2, 0) is 11.2 Å². The van der Waals surface area contributed by atoms with Gasteiger partial charge in [0, 0.05) is 32.7 Å². The number of halogens is 1. The standard InChI is InChI=1S/C23H31ClN4O3S/c1-16-7-11-28(12-8-16)22(29)15-32-23-25-20(24)14-21(26-23)27(2)10-9-17-5-6-18(30-3)19(13-17)31-4/h5-6,13-14,16H,7-12,15H2,1-4H3. The zero-order chi connectivity index (χ0) is 23.1. The first-order valence-electron chi connectivity index (χ1n) is 10.8. The summed E-state index contributed by atoms with van der Waals surface area (Å²) < 4.78 is 10.7. The normalized spacial score (nSPS) is 14.3. The van der Waals surface area contributed by atoms with Gasteiger partial charge in [-0.1, -0.05) is 36.4 Å². The number of likely N-dealkylation sites (tertiary alicyclic amines) is 1. The number of methoxy groups -OCH3 is 2. The smallest absolute Gasteiger partial charge is 0.233 e. The second-order valence-electron chi connectivity index (χ2n) is 8.04. The van der Waals surface area contributed by atoms with Crippen molar-refractivity contribution in [1.29, 1.82) is 0 Å². The second kappa shape index (κ2) is 11.6. The molecule has 7 nitrogen and oxygen atoms in total. The molecular formula is C23H31ClN4O3S. The summed E-state index contributed by atoms with van der Waals surface area (Å²) in [5, 5.41) is 0.888. The van der Waals surface area contributed by atoms with Crippen molar-refractivity contribution in [2.75, 3.05) is 51.6 Å². The Labute approximate surface area is 199 Å². The van der Waals surface area contributed by atoms with Crippen LogP contribution in [0.1, 0.15) is 25.3 Å². The highest BCUT2D eigenvalue weighted by molar-refractivity contribution is 7.99. The Bertz CT molecular complexity index is 922. The quantitative estimate of drug-likeness (QED) is 0.304. The van der Waals surface area contributed by atoms with Gasteiger partial charge in [0.2, 0.25) is 5.91 Å². The molecule has 0 radical (unpaired) electrons. The number of carbonyl (C=O) groups is 1. The fourth-order valence-corrected chi connectivity index (χ4v) is 4.55. The van der Waals surface area contributed by atoms with E-state index in [0.717, 1.165) is 50.3 Å². The summed E-state index contributed by atoms with van der Waals surface area (Å²) in [6, 6.07) is 7.66. The summed E-state index contributed by atoms with van der Waals surface area (Å²) in [6.45, 7) is 4.64. The fraction of sp³-hybridized carbons (Fsp3) is 0.522. The maximum Gasteiger partial charge on any atom is 0.233 e. The number of ether oxygens (including phenoxy) is 2. The van der Waals surface area contributed by atoms with Gasteiger partial charge in [0.1, 0.15) is 11.0 Å². The molecule has 0 unspecified atom stereocenters. The van der Waals surface area contributed by atoms with Crippen molar-refractivity contribution in [3.05, 3.63) is 35.0 Å². The highest BCUT2D eigenvalue weighted by atomic mass is 35.5. The molecule has 3 rings (SSSR count). The van der Waals surface area contributed by atoms with Gasteiger partial charge in [-0.25, -0.2) is 9.97 Å². The predicted octanol–water partition coefficient (Wildman–Crippen LogP) is 4.18. The van der Waals surface area contributed by atoms with E-state index in [1.165, 1.54) is 11.8 Å². The van der Waals surface area contributed by atoms with Gasteiger partial charge in [-0.3, -0.25) is 4.79 Å². The van der Waals surface area contributed by atoms with Gasteiger partial charge in [-0.05, 0) is 42.9 Å². The number of carbonyl (C=O) groups excluding carboxylic acids is 1. The molecule has 174 valence electrons. The minimum Gasteiger partial charge on any atom is -0.493 e. The van der Waals surface area contributed by atoms with Gasteiger partial charge in [0.15, 0.2) is 16.7 Å². The summed E-state index contributed by atoms with van der Waals surface area (Å²) in [4.78, 5) is 25.4. The number of anilines is 1. The molecule has 1 aromatic heterocycles. The summed E-state index contributed by atoms with van der Waals surface area (Å²) >= 11 is 7.58. The monoisotopic (exact) mass is 478 g/mol. The molecule has 2 heterocycles. The molecule has 1 aromatic carbocycles. The van der Waals surface area contributed by atoms with Crippen molar-refractivity contribution >= 4 is 35.1 Å². The largest absolute Gasteiger partial charge is 0.493 e. The van der Waals surface area contributed by atoms with Crippen LogP contribution >= 0.6 is 23.4 Å². The number of amides is 1. The molecule has 0 bridgehead atoms. The van der Waals surface area contributed by atoms with Crippen LogP contribution in [0.5, 0.6) is 11.5 Å². The Balaban J connectivity index is 1.58. The number of benzene rings is 1. The van der Waals surface area contributed by atoms with Crippen LogP contribution in [0.15, 0.2) is 29.4 Å². The minimum atomic E-state index is 0.133. The lowest BCUT2D eigenvalue weighted by atomic mass is 9.99. The van der Waals surface area contributed by atoms with Gasteiger partial charge in [-0.15, -0.1) is 0 Å². The number of rotatable bonds is 9. The molecule has 1 aliphatic rings. The number of nitrogens with zero attached hydrogens (tertiary/aromatic N) is 4. The van der Waals surface area contributed by atoms with E-state index in [4.69, 9.17) is 21.1 Å². The Morgan fingerprint density at radius 3 is 2.59 bits per heavy atom. The summed E-state index contributed by atoms with van der Waals surface area (Å²) in [5.41, 5.74) is 1.13. The number of likely N-dealkylation sites (N-methyl/N-ethyl adjacent to an activating group) is 1. The number of aromatic nitrogens is 2. The van der Waals surface area contributed by atoms with E-state index in [0.29, 0.717) is 33.5 Å². The van der Waals surface area contributed by atoms with Gasteiger partial charge < -0.3 is 19.3 Å². The molecule has 9 heteroatoms. The molecule has 1 aliphatic heterocycles. The van der Waals surface area contributed by atoms with E-state index < -0.39 is 0 Å². The molecule has 32 heavy (non-hydrogen) atoms. The molecule has 0 N–H and O–H groups in total. The van der Waals surface area contributed by atoms with Crippen LogP contribution in [0.25, 0.3) is 0 Å². The third kappa shape index (κ3) is 6.65. The van der Waals surface area contributed by atoms with Crippen molar-refractivity contribution in [3.8, 4) is 11.5 Å².